The number of rotatable bonds is 5. The van der Waals surface area contributed by atoms with Gasteiger partial charge in [0, 0.05) is 18.5 Å². The third-order valence-electron chi connectivity index (χ3n) is 3.68. The van der Waals surface area contributed by atoms with Crippen molar-refractivity contribution >= 4 is 5.91 Å². The topological polar surface area (TPSA) is 55.1 Å². The second kappa shape index (κ2) is 7.08. The molecule has 0 aliphatic rings. The molecule has 1 heterocycles. The molecule has 1 amide bonds. The van der Waals surface area contributed by atoms with Crippen LogP contribution in [0.15, 0.2) is 59.0 Å². The second-order valence-corrected chi connectivity index (χ2v) is 5.37. The molecule has 3 rings (SSSR count). The van der Waals surface area contributed by atoms with Crippen LogP contribution in [0.1, 0.15) is 21.8 Å². The van der Waals surface area contributed by atoms with Gasteiger partial charge in [-0.05, 0) is 31.2 Å². The third kappa shape index (κ3) is 3.51. The summed E-state index contributed by atoms with van der Waals surface area (Å²) in [5.74, 6) is 0.381. The molecule has 0 aliphatic carbocycles. The molecule has 0 fully saturated rings. The summed E-state index contributed by atoms with van der Waals surface area (Å²) in [6.07, 6.45) is 0.516. The first-order chi connectivity index (χ1) is 11.6. The minimum atomic E-state index is -0.373. The number of carbonyl (C=O) groups excluding carboxylic acids is 1. The molecule has 3 aromatic rings. The average Bonchev–Trinajstić information content (AvgIpc) is 2.96. The van der Waals surface area contributed by atoms with Crippen LogP contribution in [0.2, 0.25) is 0 Å². The molecular weight excluding hydrogens is 307 g/mol. The van der Waals surface area contributed by atoms with E-state index in [1.54, 1.807) is 37.3 Å². The molecule has 1 N–H and O–H groups in total. The SMILES string of the molecule is Cc1oc(-c2ccccc2F)nc1CCNC(=O)c1ccccc1. The number of hydrogen-bond acceptors (Lipinski definition) is 3. The molecule has 4 nitrogen and oxygen atoms in total. The number of benzene rings is 2. The molecule has 2 aromatic carbocycles. The zero-order valence-electron chi connectivity index (χ0n) is 13.3. The highest BCUT2D eigenvalue weighted by atomic mass is 19.1. The fourth-order valence-corrected chi connectivity index (χ4v) is 2.40. The Labute approximate surface area is 139 Å². The van der Waals surface area contributed by atoms with Crippen molar-refractivity contribution in [1.29, 1.82) is 0 Å². The fraction of sp³-hybridized carbons (Fsp3) is 0.158. The highest BCUT2D eigenvalue weighted by molar-refractivity contribution is 5.94. The lowest BCUT2D eigenvalue weighted by Crippen LogP contribution is -2.25. The van der Waals surface area contributed by atoms with E-state index in [9.17, 15) is 9.18 Å². The second-order valence-electron chi connectivity index (χ2n) is 5.37. The van der Waals surface area contributed by atoms with Crippen LogP contribution < -0.4 is 5.32 Å². The molecule has 0 aliphatic heterocycles. The van der Waals surface area contributed by atoms with E-state index >= 15 is 0 Å². The maximum absolute atomic E-state index is 13.8. The molecule has 1 aromatic heterocycles. The Kier molecular flexibility index (Phi) is 4.70. The molecule has 122 valence electrons. The van der Waals surface area contributed by atoms with Gasteiger partial charge in [-0.25, -0.2) is 9.37 Å². The number of aryl methyl sites for hydroxylation is 1. The number of nitrogens with zero attached hydrogens (tertiary/aromatic N) is 1. The molecule has 0 unspecified atom stereocenters. The predicted molar refractivity (Wildman–Crippen MR) is 89.1 cm³/mol. The average molecular weight is 324 g/mol. The van der Waals surface area contributed by atoms with Crippen LogP contribution >= 0.6 is 0 Å². The molecule has 0 saturated carbocycles. The molecule has 0 radical (unpaired) electrons. The molecule has 24 heavy (non-hydrogen) atoms. The van der Waals surface area contributed by atoms with Gasteiger partial charge in [-0.1, -0.05) is 30.3 Å². The number of amides is 1. The number of carbonyl (C=O) groups is 1. The first kappa shape index (κ1) is 15.9. The van der Waals surface area contributed by atoms with Gasteiger partial charge in [-0.2, -0.15) is 0 Å². The van der Waals surface area contributed by atoms with Crippen molar-refractivity contribution in [2.45, 2.75) is 13.3 Å². The lowest BCUT2D eigenvalue weighted by atomic mass is 10.2. The Bertz CT molecular complexity index is 844. The molecule has 0 spiro atoms. The zero-order valence-corrected chi connectivity index (χ0v) is 13.3. The maximum atomic E-state index is 13.8. The Morgan fingerprint density at radius 1 is 1.12 bits per heavy atom. The summed E-state index contributed by atoms with van der Waals surface area (Å²) >= 11 is 0. The molecule has 0 bridgehead atoms. The van der Waals surface area contributed by atoms with Crippen molar-refractivity contribution in [2.75, 3.05) is 6.54 Å². The van der Waals surface area contributed by atoms with Crippen molar-refractivity contribution in [3.05, 3.63) is 77.4 Å². The van der Waals surface area contributed by atoms with Crippen molar-refractivity contribution < 1.29 is 13.6 Å². The van der Waals surface area contributed by atoms with Gasteiger partial charge in [0.15, 0.2) is 0 Å². The number of halogens is 1. The van der Waals surface area contributed by atoms with E-state index in [1.165, 1.54) is 6.07 Å². The highest BCUT2D eigenvalue weighted by Crippen LogP contribution is 2.24. The normalized spacial score (nSPS) is 10.6. The zero-order chi connectivity index (χ0) is 16.9. The van der Waals surface area contributed by atoms with E-state index in [-0.39, 0.29) is 17.6 Å². The van der Waals surface area contributed by atoms with E-state index in [1.807, 2.05) is 18.2 Å². The van der Waals surface area contributed by atoms with Gasteiger partial charge in [0.1, 0.15) is 11.6 Å². The largest absolute Gasteiger partial charge is 0.441 e. The first-order valence-corrected chi connectivity index (χ1v) is 7.69. The predicted octanol–water partition coefficient (Wildman–Crippen LogP) is 3.76. The van der Waals surface area contributed by atoms with Crippen LogP contribution in [0.5, 0.6) is 0 Å². The number of oxazole rings is 1. The summed E-state index contributed by atoms with van der Waals surface area (Å²) in [5, 5.41) is 2.84. The summed E-state index contributed by atoms with van der Waals surface area (Å²) in [4.78, 5) is 16.3. The van der Waals surface area contributed by atoms with Gasteiger partial charge in [-0.3, -0.25) is 4.79 Å². The lowest BCUT2D eigenvalue weighted by molar-refractivity contribution is 0.0954. The van der Waals surface area contributed by atoms with Gasteiger partial charge in [0.2, 0.25) is 5.89 Å². The molecule has 0 saturated heterocycles. The van der Waals surface area contributed by atoms with Crippen LogP contribution in [0.4, 0.5) is 4.39 Å². The maximum Gasteiger partial charge on any atom is 0.251 e. The standard InChI is InChI=1S/C19H17FN2O2/c1-13-17(11-12-21-18(23)14-7-3-2-4-8-14)22-19(24-13)15-9-5-6-10-16(15)20/h2-10H,11-12H2,1H3,(H,21,23). The van der Waals surface area contributed by atoms with Gasteiger partial charge < -0.3 is 9.73 Å². The van der Waals surface area contributed by atoms with E-state index in [0.717, 1.165) is 0 Å². The Morgan fingerprint density at radius 2 is 1.83 bits per heavy atom. The van der Waals surface area contributed by atoms with E-state index in [0.29, 0.717) is 35.5 Å². The van der Waals surface area contributed by atoms with Gasteiger partial charge >= 0.3 is 0 Å². The quantitative estimate of drug-likeness (QED) is 0.777. The van der Waals surface area contributed by atoms with Crippen LogP contribution in [0.3, 0.4) is 0 Å². The van der Waals surface area contributed by atoms with Crippen molar-refractivity contribution in [1.82, 2.24) is 10.3 Å². The summed E-state index contributed by atoms with van der Waals surface area (Å²) in [5.41, 5.74) is 1.66. The minimum Gasteiger partial charge on any atom is -0.441 e. The summed E-state index contributed by atoms with van der Waals surface area (Å²) in [6, 6.07) is 15.4. The van der Waals surface area contributed by atoms with E-state index in [2.05, 4.69) is 10.3 Å². The Balaban J connectivity index is 1.64. The third-order valence-corrected chi connectivity index (χ3v) is 3.68. The number of aromatic nitrogens is 1. The monoisotopic (exact) mass is 324 g/mol. The van der Waals surface area contributed by atoms with Crippen LogP contribution in [-0.4, -0.2) is 17.4 Å². The minimum absolute atomic E-state index is 0.133. The van der Waals surface area contributed by atoms with Crippen LogP contribution in [0, 0.1) is 12.7 Å². The van der Waals surface area contributed by atoms with Gasteiger partial charge in [0.05, 0.1) is 11.3 Å². The van der Waals surface area contributed by atoms with Crippen LogP contribution in [0.25, 0.3) is 11.5 Å². The Morgan fingerprint density at radius 3 is 2.58 bits per heavy atom. The summed E-state index contributed by atoms with van der Waals surface area (Å²) in [6.45, 7) is 2.21. The molecule has 0 atom stereocenters. The number of nitrogens with one attached hydrogen (secondary N) is 1. The number of hydrogen-bond donors (Lipinski definition) is 1. The molecule has 5 heteroatoms. The van der Waals surface area contributed by atoms with Crippen molar-refractivity contribution in [3.8, 4) is 11.5 Å². The smallest absolute Gasteiger partial charge is 0.251 e. The van der Waals surface area contributed by atoms with Crippen molar-refractivity contribution in [2.24, 2.45) is 0 Å². The lowest BCUT2D eigenvalue weighted by Gasteiger charge is -2.03. The van der Waals surface area contributed by atoms with Crippen LogP contribution in [-0.2, 0) is 6.42 Å². The van der Waals surface area contributed by atoms with Crippen molar-refractivity contribution in [3.63, 3.8) is 0 Å². The Hall–Kier alpha value is -2.95. The van der Waals surface area contributed by atoms with Gasteiger partial charge in [0.25, 0.3) is 5.91 Å². The molecular formula is C19H17FN2O2. The first-order valence-electron chi connectivity index (χ1n) is 7.69. The summed E-state index contributed by atoms with van der Waals surface area (Å²) in [7, 11) is 0. The van der Waals surface area contributed by atoms with Gasteiger partial charge in [-0.15, -0.1) is 0 Å². The van der Waals surface area contributed by atoms with E-state index in [4.69, 9.17) is 4.42 Å². The highest BCUT2D eigenvalue weighted by Gasteiger charge is 2.14. The summed E-state index contributed by atoms with van der Waals surface area (Å²) < 4.78 is 19.4. The van der Waals surface area contributed by atoms with E-state index < -0.39 is 0 Å². The fourth-order valence-electron chi connectivity index (χ4n) is 2.40.